The highest BCUT2D eigenvalue weighted by Gasteiger charge is 2.17. The standard InChI is InChI=1S/C12H25NO3/c1-10(12(14-2)15-3)13-8-7-11-6-4-5-9-16-11/h10-13H,4-9H2,1-3H3. The zero-order valence-corrected chi connectivity index (χ0v) is 10.7. The molecule has 1 N–H and O–H groups in total. The van der Waals surface area contributed by atoms with Crippen LogP contribution in [0.3, 0.4) is 0 Å². The third-order valence-electron chi connectivity index (χ3n) is 3.08. The first kappa shape index (κ1) is 13.9. The summed E-state index contributed by atoms with van der Waals surface area (Å²) in [6.45, 7) is 3.95. The van der Waals surface area contributed by atoms with Gasteiger partial charge in [0.05, 0.1) is 12.1 Å². The van der Waals surface area contributed by atoms with Gasteiger partial charge in [-0.05, 0) is 39.2 Å². The van der Waals surface area contributed by atoms with Crippen LogP contribution in [0.25, 0.3) is 0 Å². The van der Waals surface area contributed by atoms with E-state index >= 15 is 0 Å². The van der Waals surface area contributed by atoms with Gasteiger partial charge < -0.3 is 19.5 Å². The van der Waals surface area contributed by atoms with Gasteiger partial charge in [0.1, 0.15) is 0 Å². The Labute approximate surface area is 98.6 Å². The summed E-state index contributed by atoms with van der Waals surface area (Å²) in [4.78, 5) is 0. The van der Waals surface area contributed by atoms with Crippen molar-refractivity contribution in [2.75, 3.05) is 27.4 Å². The van der Waals surface area contributed by atoms with Crippen molar-refractivity contribution in [2.24, 2.45) is 0 Å². The highest BCUT2D eigenvalue weighted by Crippen LogP contribution is 2.15. The van der Waals surface area contributed by atoms with Gasteiger partial charge in [-0.1, -0.05) is 0 Å². The fraction of sp³-hybridized carbons (Fsp3) is 1.00. The molecule has 1 aliphatic heterocycles. The maximum absolute atomic E-state index is 5.67. The second-order valence-corrected chi connectivity index (χ2v) is 4.36. The molecule has 4 heteroatoms. The Morgan fingerprint density at radius 1 is 1.31 bits per heavy atom. The molecule has 0 spiro atoms. The molecule has 16 heavy (non-hydrogen) atoms. The van der Waals surface area contributed by atoms with Crippen LogP contribution >= 0.6 is 0 Å². The van der Waals surface area contributed by atoms with Gasteiger partial charge in [0.25, 0.3) is 0 Å². The van der Waals surface area contributed by atoms with E-state index in [1.165, 1.54) is 19.3 Å². The molecule has 0 aliphatic carbocycles. The van der Waals surface area contributed by atoms with Crippen molar-refractivity contribution >= 4 is 0 Å². The van der Waals surface area contributed by atoms with Crippen molar-refractivity contribution in [3.05, 3.63) is 0 Å². The molecule has 1 rings (SSSR count). The lowest BCUT2D eigenvalue weighted by Gasteiger charge is -2.25. The van der Waals surface area contributed by atoms with Gasteiger partial charge in [-0.15, -0.1) is 0 Å². The molecule has 0 saturated carbocycles. The predicted molar refractivity (Wildman–Crippen MR) is 63.5 cm³/mol. The van der Waals surface area contributed by atoms with E-state index in [1.807, 2.05) is 0 Å². The molecular formula is C12H25NO3. The molecule has 4 nitrogen and oxygen atoms in total. The summed E-state index contributed by atoms with van der Waals surface area (Å²) in [5.74, 6) is 0. The summed E-state index contributed by atoms with van der Waals surface area (Å²) in [5, 5.41) is 3.40. The highest BCUT2D eigenvalue weighted by atomic mass is 16.7. The summed E-state index contributed by atoms with van der Waals surface area (Å²) < 4.78 is 16.0. The zero-order valence-electron chi connectivity index (χ0n) is 10.7. The maximum atomic E-state index is 5.67. The van der Waals surface area contributed by atoms with Gasteiger partial charge in [-0.3, -0.25) is 0 Å². The van der Waals surface area contributed by atoms with E-state index in [-0.39, 0.29) is 12.3 Å². The van der Waals surface area contributed by atoms with Crippen LogP contribution in [0, 0.1) is 0 Å². The molecule has 0 amide bonds. The maximum Gasteiger partial charge on any atom is 0.171 e. The van der Waals surface area contributed by atoms with Crippen LogP contribution < -0.4 is 5.32 Å². The van der Waals surface area contributed by atoms with Gasteiger partial charge in [-0.25, -0.2) is 0 Å². The van der Waals surface area contributed by atoms with E-state index in [0.717, 1.165) is 19.6 Å². The number of rotatable bonds is 7. The van der Waals surface area contributed by atoms with E-state index in [2.05, 4.69) is 12.2 Å². The molecule has 1 aliphatic rings. The second kappa shape index (κ2) is 8.01. The van der Waals surface area contributed by atoms with Crippen molar-refractivity contribution in [1.82, 2.24) is 5.32 Å². The Morgan fingerprint density at radius 3 is 2.62 bits per heavy atom. The normalized spacial score (nSPS) is 23.6. The molecule has 96 valence electrons. The topological polar surface area (TPSA) is 39.7 Å². The van der Waals surface area contributed by atoms with Crippen LogP contribution in [0.5, 0.6) is 0 Å². The number of hydrogen-bond donors (Lipinski definition) is 1. The Balaban J connectivity index is 2.09. The molecular weight excluding hydrogens is 206 g/mol. The van der Waals surface area contributed by atoms with Crippen molar-refractivity contribution in [2.45, 2.75) is 51.0 Å². The van der Waals surface area contributed by atoms with Crippen molar-refractivity contribution in [3.8, 4) is 0 Å². The summed E-state index contributed by atoms with van der Waals surface area (Å²) in [5.41, 5.74) is 0. The van der Waals surface area contributed by atoms with Crippen molar-refractivity contribution in [1.29, 1.82) is 0 Å². The number of nitrogens with one attached hydrogen (secondary N) is 1. The minimum Gasteiger partial charge on any atom is -0.378 e. The van der Waals surface area contributed by atoms with Gasteiger partial charge in [-0.2, -0.15) is 0 Å². The van der Waals surface area contributed by atoms with Gasteiger partial charge >= 0.3 is 0 Å². The summed E-state index contributed by atoms with van der Waals surface area (Å²) in [7, 11) is 3.33. The van der Waals surface area contributed by atoms with E-state index in [9.17, 15) is 0 Å². The van der Waals surface area contributed by atoms with Crippen LogP contribution in [0.15, 0.2) is 0 Å². The third-order valence-corrected chi connectivity index (χ3v) is 3.08. The van der Waals surface area contributed by atoms with E-state index in [1.54, 1.807) is 14.2 Å². The second-order valence-electron chi connectivity index (χ2n) is 4.36. The summed E-state index contributed by atoms with van der Waals surface area (Å²) in [6.07, 6.45) is 5.07. The quantitative estimate of drug-likeness (QED) is 0.675. The Bertz CT molecular complexity index is 168. The van der Waals surface area contributed by atoms with Crippen LogP contribution in [-0.4, -0.2) is 45.8 Å². The minimum absolute atomic E-state index is 0.174. The van der Waals surface area contributed by atoms with Gasteiger partial charge in [0.15, 0.2) is 6.29 Å². The highest BCUT2D eigenvalue weighted by molar-refractivity contribution is 4.69. The van der Waals surface area contributed by atoms with Crippen LogP contribution in [0.2, 0.25) is 0 Å². The van der Waals surface area contributed by atoms with Gasteiger partial charge in [0.2, 0.25) is 0 Å². The first-order chi connectivity index (χ1) is 7.77. The lowest BCUT2D eigenvalue weighted by molar-refractivity contribution is -0.119. The summed E-state index contributed by atoms with van der Waals surface area (Å²) in [6, 6.07) is 0.207. The molecule has 0 aromatic rings. The summed E-state index contributed by atoms with van der Waals surface area (Å²) >= 11 is 0. The monoisotopic (exact) mass is 231 g/mol. The number of methoxy groups -OCH3 is 2. The Morgan fingerprint density at radius 2 is 2.06 bits per heavy atom. The Hall–Kier alpha value is -0.160. The van der Waals surface area contributed by atoms with Crippen molar-refractivity contribution < 1.29 is 14.2 Å². The zero-order chi connectivity index (χ0) is 11.8. The molecule has 0 radical (unpaired) electrons. The van der Waals surface area contributed by atoms with E-state index in [0.29, 0.717) is 6.10 Å². The third kappa shape index (κ3) is 4.78. The van der Waals surface area contributed by atoms with Crippen LogP contribution in [-0.2, 0) is 14.2 Å². The first-order valence-electron chi connectivity index (χ1n) is 6.18. The fourth-order valence-corrected chi connectivity index (χ4v) is 2.11. The van der Waals surface area contributed by atoms with E-state index in [4.69, 9.17) is 14.2 Å². The average Bonchev–Trinajstić information content (AvgIpc) is 2.32. The minimum atomic E-state index is -0.174. The lowest BCUT2D eigenvalue weighted by atomic mass is 10.1. The molecule has 0 aromatic carbocycles. The van der Waals surface area contributed by atoms with E-state index < -0.39 is 0 Å². The largest absolute Gasteiger partial charge is 0.378 e. The van der Waals surface area contributed by atoms with Crippen LogP contribution in [0.4, 0.5) is 0 Å². The molecule has 1 saturated heterocycles. The molecule has 1 heterocycles. The first-order valence-corrected chi connectivity index (χ1v) is 6.18. The predicted octanol–water partition coefficient (Wildman–Crippen LogP) is 1.54. The fourth-order valence-electron chi connectivity index (χ4n) is 2.11. The molecule has 1 fully saturated rings. The number of ether oxygens (including phenoxy) is 3. The lowest BCUT2D eigenvalue weighted by Crippen LogP contribution is -2.41. The average molecular weight is 231 g/mol. The molecule has 0 aromatic heterocycles. The SMILES string of the molecule is COC(OC)C(C)NCCC1CCCCO1. The molecule has 0 bridgehead atoms. The van der Waals surface area contributed by atoms with Gasteiger partial charge in [0, 0.05) is 20.8 Å². The molecule has 2 unspecified atom stereocenters. The van der Waals surface area contributed by atoms with Crippen LogP contribution in [0.1, 0.15) is 32.6 Å². The Kier molecular flexibility index (Phi) is 6.96. The smallest absolute Gasteiger partial charge is 0.171 e. The molecule has 2 atom stereocenters. The number of hydrogen-bond acceptors (Lipinski definition) is 4. The van der Waals surface area contributed by atoms with Crippen molar-refractivity contribution in [3.63, 3.8) is 0 Å².